The van der Waals surface area contributed by atoms with Gasteiger partial charge in [0.2, 0.25) is 0 Å². The van der Waals surface area contributed by atoms with E-state index >= 15 is 0 Å². The Kier molecular flexibility index (Phi) is 4.20. The van der Waals surface area contributed by atoms with E-state index in [4.69, 9.17) is 22.1 Å². The Morgan fingerprint density at radius 1 is 1.05 bits per heavy atom. The van der Waals surface area contributed by atoms with E-state index in [-0.39, 0.29) is 16.3 Å². The van der Waals surface area contributed by atoms with E-state index in [1.54, 1.807) is 0 Å². The van der Waals surface area contributed by atoms with Crippen LogP contribution in [0.5, 0.6) is 5.75 Å². The summed E-state index contributed by atoms with van der Waals surface area (Å²) in [6.45, 7) is 0. The monoisotopic (exact) mass is 301 g/mol. The second-order valence-electron chi connectivity index (χ2n) is 4.12. The molecule has 0 spiro atoms. The minimum Gasteiger partial charge on any atom is -0.497 e. The molecule has 6 heteroatoms. The largest absolute Gasteiger partial charge is 0.497 e. The van der Waals surface area contributed by atoms with E-state index in [9.17, 15) is 13.2 Å². The summed E-state index contributed by atoms with van der Waals surface area (Å²) in [5.41, 5.74) is 5.15. The van der Waals surface area contributed by atoms with Gasteiger partial charge in [0.25, 0.3) is 0 Å². The molecule has 2 aromatic carbocycles. The Morgan fingerprint density at radius 3 is 2.15 bits per heavy atom. The number of nitrogens with two attached hydrogens (primary N) is 1. The molecule has 0 aliphatic heterocycles. The molecule has 2 N–H and O–H groups in total. The molecule has 0 fully saturated rings. The SMILES string of the molecule is COc1cc(F)c(C(N)c2c(F)cccc2Cl)c(F)c1. The van der Waals surface area contributed by atoms with E-state index in [1.165, 1.54) is 19.2 Å². The Labute approximate surface area is 118 Å². The molecular weight excluding hydrogens is 291 g/mol. The summed E-state index contributed by atoms with van der Waals surface area (Å²) < 4.78 is 46.4. The van der Waals surface area contributed by atoms with Crippen LogP contribution in [0.4, 0.5) is 13.2 Å². The highest BCUT2D eigenvalue weighted by Crippen LogP contribution is 2.33. The number of ether oxygens (including phenoxy) is 1. The summed E-state index contributed by atoms with van der Waals surface area (Å²) in [6, 6.07) is 4.52. The van der Waals surface area contributed by atoms with Gasteiger partial charge in [-0.1, -0.05) is 17.7 Å². The summed E-state index contributed by atoms with van der Waals surface area (Å²) in [5.74, 6) is -2.56. The lowest BCUT2D eigenvalue weighted by atomic mass is 9.97. The first kappa shape index (κ1) is 14.7. The minimum atomic E-state index is -1.35. The van der Waals surface area contributed by atoms with Crippen LogP contribution in [0.15, 0.2) is 30.3 Å². The van der Waals surface area contributed by atoms with Crippen LogP contribution in [0.25, 0.3) is 0 Å². The minimum absolute atomic E-state index is 0.00659. The average Bonchev–Trinajstić information content (AvgIpc) is 2.37. The van der Waals surface area contributed by atoms with Crippen LogP contribution in [0.3, 0.4) is 0 Å². The molecule has 0 aromatic heterocycles. The van der Waals surface area contributed by atoms with E-state index in [2.05, 4.69) is 0 Å². The highest BCUT2D eigenvalue weighted by Gasteiger charge is 2.24. The maximum atomic E-state index is 13.9. The lowest BCUT2D eigenvalue weighted by Gasteiger charge is -2.17. The van der Waals surface area contributed by atoms with Gasteiger partial charge in [0, 0.05) is 28.3 Å². The van der Waals surface area contributed by atoms with Gasteiger partial charge >= 0.3 is 0 Å². The molecule has 1 unspecified atom stereocenters. The number of hydrogen-bond donors (Lipinski definition) is 1. The van der Waals surface area contributed by atoms with Crippen LogP contribution < -0.4 is 10.5 Å². The average molecular weight is 302 g/mol. The predicted octanol–water partition coefficient (Wildman–Crippen LogP) is 3.81. The number of methoxy groups -OCH3 is 1. The first-order valence-corrected chi connectivity index (χ1v) is 6.06. The maximum absolute atomic E-state index is 13.9. The van der Waals surface area contributed by atoms with Gasteiger partial charge in [0.15, 0.2) is 0 Å². The van der Waals surface area contributed by atoms with Crippen molar-refractivity contribution in [2.75, 3.05) is 7.11 Å². The van der Waals surface area contributed by atoms with E-state index in [0.29, 0.717) is 0 Å². The molecule has 0 saturated carbocycles. The highest BCUT2D eigenvalue weighted by atomic mass is 35.5. The molecule has 0 aliphatic rings. The second-order valence-corrected chi connectivity index (χ2v) is 4.52. The van der Waals surface area contributed by atoms with Gasteiger partial charge in [-0.3, -0.25) is 0 Å². The fourth-order valence-corrected chi connectivity index (χ4v) is 2.21. The van der Waals surface area contributed by atoms with Crippen molar-refractivity contribution in [3.63, 3.8) is 0 Å². The molecule has 2 rings (SSSR count). The van der Waals surface area contributed by atoms with Gasteiger partial charge in [-0.2, -0.15) is 0 Å². The molecule has 20 heavy (non-hydrogen) atoms. The molecule has 0 heterocycles. The summed E-state index contributed by atoms with van der Waals surface area (Å²) in [7, 11) is 1.28. The van der Waals surface area contributed by atoms with Crippen molar-refractivity contribution in [1.82, 2.24) is 0 Å². The quantitative estimate of drug-likeness (QED) is 0.935. The Balaban J connectivity index is 2.57. The third-order valence-electron chi connectivity index (χ3n) is 2.91. The molecular formula is C14H11ClF3NO. The van der Waals surface area contributed by atoms with Gasteiger partial charge in [-0.25, -0.2) is 13.2 Å². The summed E-state index contributed by atoms with van der Waals surface area (Å²) in [4.78, 5) is 0. The van der Waals surface area contributed by atoms with Crippen LogP contribution in [0.1, 0.15) is 17.2 Å². The fraction of sp³-hybridized carbons (Fsp3) is 0.143. The third-order valence-corrected chi connectivity index (χ3v) is 3.24. The molecule has 2 nitrogen and oxygen atoms in total. The zero-order valence-electron chi connectivity index (χ0n) is 10.5. The van der Waals surface area contributed by atoms with Gasteiger partial charge in [-0.15, -0.1) is 0 Å². The van der Waals surface area contributed by atoms with Crippen LogP contribution >= 0.6 is 11.6 Å². The Bertz CT molecular complexity index is 605. The van der Waals surface area contributed by atoms with Crippen molar-refractivity contribution < 1.29 is 17.9 Å². The topological polar surface area (TPSA) is 35.2 Å². The van der Waals surface area contributed by atoms with Gasteiger partial charge in [0.05, 0.1) is 13.2 Å². The molecule has 1 atom stereocenters. The lowest BCUT2D eigenvalue weighted by molar-refractivity contribution is 0.404. The molecule has 0 bridgehead atoms. The smallest absolute Gasteiger partial charge is 0.134 e. The molecule has 0 saturated heterocycles. The van der Waals surface area contributed by atoms with Crippen molar-refractivity contribution in [3.8, 4) is 5.75 Å². The normalized spacial score (nSPS) is 12.3. The number of halogens is 4. The Morgan fingerprint density at radius 2 is 1.65 bits per heavy atom. The first-order valence-electron chi connectivity index (χ1n) is 5.68. The predicted molar refractivity (Wildman–Crippen MR) is 70.4 cm³/mol. The lowest BCUT2D eigenvalue weighted by Crippen LogP contribution is -2.18. The zero-order valence-corrected chi connectivity index (χ0v) is 11.2. The van der Waals surface area contributed by atoms with Crippen LogP contribution in [-0.2, 0) is 0 Å². The van der Waals surface area contributed by atoms with E-state index in [0.717, 1.165) is 18.2 Å². The van der Waals surface area contributed by atoms with E-state index < -0.39 is 29.1 Å². The molecule has 0 radical (unpaired) electrons. The molecule has 2 aromatic rings. The zero-order chi connectivity index (χ0) is 14.9. The van der Waals surface area contributed by atoms with Crippen LogP contribution in [0.2, 0.25) is 5.02 Å². The second kappa shape index (κ2) is 5.73. The first-order chi connectivity index (χ1) is 9.45. The van der Waals surface area contributed by atoms with Crippen molar-refractivity contribution in [2.24, 2.45) is 5.73 Å². The summed E-state index contributed by atoms with van der Waals surface area (Å²) in [6.07, 6.45) is 0. The number of hydrogen-bond acceptors (Lipinski definition) is 2. The van der Waals surface area contributed by atoms with Crippen molar-refractivity contribution in [2.45, 2.75) is 6.04 Å². The molecule has 0 aliphatic carbocycles. The highest BCUT2D eigenvalue weighted by molar-refractivity contribution is 6.31. The maximum Gasteiger partial charge on any atom is 0.134 e. The summed E-state index contributed by atoms with van der Waals surface area (Å²) >= 11 is 5.85. The van der Waals surface area contributed by atoms with Crippen molar-refractivity contribution >= 4 is 11.6 Å². The van der Waals surface area contributed by atoms with Crippen LogP contribution in [-0.4, -0.2) is 7.11 Å². The van der Waals surface area contributed by atoms with Gasteiger partial charge in [-0.05, 0) is 12.1 Å². The Hall–Kier alpha value is -1.72. The van der Waals surface area contributed by atoms with Crippen molar-refractivity contribution in [3.05, 3.63) is 63.9 Å². The van der Waals surface area contributed by atoms with Gasteiger partial charge in [0.1, 0.15) is 23.2 Å². The number of rotatable bonds is 3. The summed E-state index contributed by atoms with van der Waals surface area (Å²) in [5, 5.41) is 0.00659. The third kappa shape index (κ3) is 2.59. The molecule has 106 valence electrons. The van der Waals surface area contributed by atoms with Crippen LogP contribution in [0, 0.1) is 17.5 Å². The van der Waals surface area contributed by atoms with Crippen molar-refractivity contribution in [1.29, 1.82) is 0 Å². The molecule has 0 amide bonds. The number of benzene rings is 2. The van der Waals surface area contributed by atoms with Gasteiger partial charge < -0.3 is 10.5 Å². The van der Waals surface area contributed by atoms with E-state index in [1.807, 2.05) is 0 Å². The fourth-order valence-electron chi connectivity index (χ4n) is 1.93. The standard InChI is InChI=1S/C14H11ClF3NO/c1-20-7-5-10(17)13(11(18)6-7)14(19)12-8(15)3-2-4-9(12)16/h2-6,14H,19H2,1H3.